The van der Waals surface area contributed by atoms with E-state index in [0.29, 0.717) is 24.1 Å². The van der Waals surface area contributed by atoms with Crippen LogP contribution in [0.4, 0.5) is 5.82 Å². The first-order valence-electron chi connectivity index (χ1n) is 7.75. The van der Waals surface area contributed by atoms with Gasteiger partial charge in [-0.1, -0.05) is 6.07 Å². The second kappa shape index (κ2) is 7.56. The van der Waals surface area contributed by atoms with E-state index in [4.69, 9.17) is 10.00 Å². The van der Waals surface area contributed by atoms with Gasteiger partial charge >= 0.3 is 0 Å². The third-order valence-corrected chi connectivity index (χ3v) is 3.74. The summed E-state index contributed by atoms with van der Waals surface area (Å²) in [4.78, 5) is 8.66. The first kappa shape index (κ1) is 15.3. The van der Waals surface area contributed by atoms with Crippen molar-refractivity contribution in [3.05, 3.63) is 47.8 Å². The van der Waals surface area contributed by atoms with Crippen LogP contribution in [0.3, 0.4) is 0 Å². The minimum absolute atomic E-state index is 0.329. The lowest BCUT2D eigenvalue weighted by Gasteiger charge is -2.24. The summed E-state index contributed by atoms with van der Waals surface area (Å²) in [6.45, 7) is 2.41. The molecule has 1 aliphatic rings. The first-order valence-corrected chi connectivity index (χ1v) is 7.75. The average Bonchev–Trinajstić information content (AvgIpc) is 2.62. The van der Waals surface area contributed by atoms with Crippen molar-refractivity contribution in [3.63, 3.8) is 0 Å². The van der Waals surface area contributed by atoms with Crippen LogP contribution in [0, 0.1) is 11.3 Å². The third-order valence-electron chi connectivity index (χ3n) is 3.74. The van der Waals surface area contributed by atoms with E-state index in [-0.39, 0.29) is 0 Å². The van der Waals surface area contributed by atoms with Gasteiger partial charge in [-0.2, -0.15) is 10.2 Å². The lowest BCUT2D eigenvalue weighted by molar-refractivity contribution is 0.289. The fraction of sp³-hybridized carbons (Fsp3) is 0.353. The third kappa shape index (κ3) is 4.41. The highest BCUT2D eigenvalue weighted by molar-refractivity contribution is 5.38. The van der Waals surface area contributed by atoms with E-state index in [1.807, 2.05) is 24.3 Å². The number of ether oxygens (including phenoxy) is 1. The quantitative estimate of drug-likeness (QED) is 0.880. The topological polar surface area (TPSA) is 82.9 Å². The van der Waals surface area contributed by atoms with Crippen LogP contribution in [-0.4, -0.2) is 29.1 Å². The number of rotatable bonds is 5. The van der Waals surface area contributed by atoms with Crippen molar-refractivity contribution < 1.29 is 4.74 Å². The summed E-state index contributed by atoms with van der Waals surface area (Å²) < 4.78 is 5.69. The van der Waals surface area contributed by atoms with Crippen LogP contribution >= 0.6 is 0 Å². The van der Waals surface area contributed by atoms with Crippen LogP contribution in [0.25, 0.3) is 0 Å². The summed E-state index contributed by atoms with van der Waals surface area (Å²) in [7, 11) is 0. The molecule has 23 heavy (non-hydrogen) atoms. The number of hydrogen-bond acceptors (Lipinski definition) is 6. The molecular weight excluding hydrogens is 290 g/mol. The molecule has 0 radical (unpaired) electrons. The maximum atomic E-state index is 8.76. The lowest BCUT2D eigenvalue weighted by Crippen LogP contribution is -2.35. The summed E-state index contributed by atoms with van der Waals surface area (Å²) in [5.74, 6) is 1.40. The summed E-state index contributed by atoms with van der Waals surface area (Å²) in [5, 5.41) is 15.6. The Kier molecular flexibility index (Phi) is 5.02. The summed E-state index contributed by atoms with van der Waals surface area (Å²) >= 11 is 0. The number of piperidine rings is 1. The largest absolute Gasteiger partial charge is 0.471 e. The van der Waals surface area contributed by atoms with Gasteiger partial charge in [0.05, 0.1) is 11.3 Å². The minimum atomic E-state index is 0.329. The molecule has 0 aliphatic carbocycles. The second-order valence-electron chi connectivity index (χ2n) is 5.47. The Morgan fingerprint density at radius 1 is 1.26 bits per heavy atom. The van der Waals surface area contributed by atoms with Gasteiger partial charge in [-0.05, 0) is 44.1 Å². The Balaban J connectivity index is 1.57. The predicted octanol–water partition coefficient (Wildman–Crippen LogP) is 2.09. The molecule has 0 aromatic carbocycles. The molecule has 0 atom stereocenters. The van der Waals surface area contributed by atoms with E-state index in [0.717, 1.165) is 37.4 Å². The maximum absolute atomic E-state index is 8.76. The minimum Gasteiger partial charge on any atom is -0.471 e. The molecule has 2 N–H and O–H groups in total. The van der Waals surface area contributed by atoms with Crippen LogP contribution in [0.2, 0.25) is 0 Å². The molecular formula is C17H19N5O. The van der Waals surface area contributed by atoms with Crippen LogP contribution in [0.1, 0.15) is 24.1 Å². The van der Waals surface area contributed by atoms with Gasteiger partial charge in [0.1, 0.15) is 18.5 Å². The molecule has 0 spiro atoms. The standard InChI is InChI=1S/C17H19N5O/c18-10-13-4-5-15(20-11-13)12-23-17-3-1-2-16(22-17)21-14-6-8-19-9-7-14/h1-5,11,14,19H,6-9,12H2,(H,21,22). The van der Waals surface area contributed by atoms with E-state index >= 15 is 0 Å². The summed E-state index contributed by atoms with van der Waals surface area (Å²) in [6, 6.07) is 11.7. The molecule has 0 unspecified atom stereocenters. The van der Waals surface area contributed by atoms with Gasteiger partial charge in [0.2, 0.25) is 5.88 Å². The summed E-state index contributed by atoms with van der Waals surface area (Å²) in [5.41, 5.74) is 1.31. The second-order valence-corrected chi connectivity index (χ2v) is 5.47. The highest BCUT2D eigenvalue weighted by atomic mass is 16.5. The van der Waals surface area contributed by atoms with Gasteiger partial charge in [0, 0.05) is 18.3 Å². The smallest absolute Gasteiger partial charge is 0.215 e. The van der Waals surface area contributed by atoms with Crippen molar-refractivity contribution in [1.29, 1.82) is 5.26 Å². The Bertz CT molecular complexity index is 674. The van der Waals surface area contributed by atoms with E-state index in [1.54, 1.807) is 18.3 Å². The lowest BCUT2D eigenvalue weighted by atomic mass is 10.1. The van der Waals surface area contributed by atoms with E-state index in [1.165, 1.54) is 0 Å². The van der Waals surface area contributed by atoms with Gasteiger partial charge in [-0.25, -0.2) is 0 Å². The van der Waals surface area contributed by atoms with Crippen molar-refractivity contribution in [2.75, 3.05) is 18.4 Å². The van der Waals surface area contributed by atoms with E-state index < -0.39 is 0 Å². The Morgan fingerprint density at radius 2 is 2.13 bits per heavy atom. The van der Waals surface area contributed by atoms with Crippen molar-refractivity contribution in [2.24, 2.45) is 0 Å². The number of nitrogens with zero attached hydrogens (tertiary/aromatic N) is 3. The molecule has 1 aliphatic heterocycles. The van der Waals surface area contributed by atoms with Crippen LogP contribution in [0.15, 0.2) is 36.5 Å². The number of anilines is 1. The molecule has 0 amide bonds. The molecule has 3 rings (SSSR count). The SMILES string of the molecule is N#Cc1ccc(COc2cccc(NC3CCNCC3)n2)nc1. The number of nitrogens with one attached hydrogen (secondary N) is 2. The average molecular weight is 309 g/mol. The van der Waals surface area contributed by atoms with Gasteiger partial charge in [0.25, 0.3) is 0 Å². The molecule has 6 heteroatoms. The number of nitriles is 1. The zero-order chi connectivity index (χ0) is 15.9. The van der Waals surface area contributed by atoms with Crippen molar-refractivity contribution in [1.82, 2.24) is 15.3 Å². The molecule has 118 valence electrons. The van der Waals surface area contributed by atoms with Gasteiger partial charge in [-0.3, -0.25) is 4.98 Å². The molecule has 6 nitrogen and oxygen atoms in total. The van der Waals surface area contributed by atoms with Gasteiger partial charge < -0.3 is 15.4 Å². The number of hydrogen-bond donors (Lipinski definition) is 2. The van der Waals surface area contributed by atoms with Gasteiger partial charge in [0.15, 0.2) is 0 Å². The molecule has 2 aromatic rings. The summed E-state index contributed by atoms with van der Waals surface area (Å²) in [6.07, 6.45) is 3.74. The fourth-order valence-corrected chi connectivity index (χ4v) is 2.47. The van der Waals surface area contributed by atoms with Crippen molar-refractivity contribution in [3.8, 4) is 11.9 Å². The van der Waals surface area contributed by atoms with Crippen LogP contribution in [-0.2, 0) is 6.61 Å². The number of pyridine rings is 2. The van der Waals surface area contributed by atoms with Crippen LogP contribution < -0.4 is 15.4 Å². The molecule has 3 heterocycles. The van der Waals surface area contributed by atoms with E-state index in [9.17, 15) is 0 Å². The molecule has 1 saturated heterocycles. The highest BCUT2D eigenvalue weighted by Gasteiger charge is 2.13. The Hall–Kier alpha value is -2.65. The fourth-order valence-electron chi connectivity index (χ4n) is 2.47. The monoisotopic (exact) mass is 309 g/mol. The molecule has 2 aromatic heterocycles. The Labute approximate surface area is 135 Å². The van der Waals surface area contributed by atoms with Crippen molar-refractivity contribution in [2.45, 2.75) is 25.5 Å². The first-order chi connectivity index (χ1) is 11.3. The zero-order valence-corrected chi connectivity index (χ0v) is 12.8. The molecule has 0 saturated carbocycles. The maximum Gasteiger partial charge on any atom is 0.215 e. The van der Waals surface area contributed by atoms with Crippen LogP contribution in [0.5, 0.6) is 5.88 Å². The predicted molar refractivity (Wildman–Crippen MR) is 87.0 cm³/mol. The molecule has 1 fully saturated rings. The number of aromatic nitrogens is 2. The van der Waals surface area contributed by atoms with Gasteiger partial charge in [-0.15, -0.1) is 0 Å². The Morgan fingerprint density at radius 3 is 2.87 bits per heavy atom. The highest BCUT2D eigenvalue weighted by Crippen LogP contribution is 2.16. The normalized spacial score (nSPS) is 14.9. The van der Waals surface area contributed by atoms with Crippen molar-refractivity contribution >= 4 is 5.82 Å². The zero-order valence-electron chi connectivity index (χ0n) is 12.8. The van der Waals surface area contributed by atoms with E-state index in [2.05, 4.69) is 20.6 Å². The molecule has 0 bridgehead atoms.